The third kappa shape index (κ3) is 4.63. The number of ether oxygens (including phenoxy) is 2. The van der Waals surface area contributed by atoms with Crippen molar-refractivity contribution in [3.63, 3.8) is 0 Å². The van der Waals surface area contributed by atoms with Crippen molar-refractivity contribution >= 4 is 17.8 Å². The SMILES string of the molecule is C=CCN(CCCCC)C(=O)[C@@H]1N([C@@H](CO)CC(C)C)C(=O)[C@H]2[C@H](C(=O)OCC)[C@@H]3CC[C@]12O3. The van der Waals surface area contributed by atoms with Crippen LogP contribution in [0.15, 0.2) is 12.7 Å². The topological polar surface area (TPSA) is 96.4 Å². The summed E-state index contributed by atoms with van der Waals surface area (Å²) in [5.41, 5.74) is -1.06. The van der Waals surface area contributed by atoms with Gasteiger partial charge in [-0.25, -0.2) is 0 Å². The molecular formula is C26H42N2O6. The molecule has 6 atom stereocenters. The van der Waals surface area contributed by atoms with Crippen LogP contribution in [0.3, 0.4) is 0 Å². The van der Waals surface area contributed by atoms with Crippen LogP contribution in [0.2, 0.25) is 0 Å². The average molecular weight is 479 g/mol. The largest absolute Gasteiger partial charge is 0.466 e. The molecule has 8 nitrogen and oxygen atoms in total. The molecule has 3 saturated heterocycles. The maximum absolute atomic E-state index is 14.1. The molecule has 0 aromatic heterocycles. The van der Waals surface area contributed by atoms with Crippen molar-refractivity contribution in [3.8, 4) is 0 Å². The summed E-state index contributed by atoms with van der Waals surface area (Å²) >= 11 is 0. The van der Waals surface area contributed by atoms with Crippen molar-refractivity contribution in [2.45, 2.75) is 90.0 Å². The summed E-state index contributed by atoms with van der Waals surface area (Å²) < 4.78 is 11.8. The van der Waals surface area contributed by atoms with Gasteiger partial charge in [-0.3, -0.25) is 14.4 Å². The minimum Gasteiger partial charge on any atom is -0.466 e. The molecule has 1 spiro atoms. The van der Waals surface area contributed by atoms with E-state index in [2.05, 4.69) is 13.5 Å². The molecule has 0 aromatic carbocycles. The van der Waals surface area contributed by atoms with Gasteiger partial charge < -0.3 is 24.4 Å². The Bertz CT molecular complexity index is 770. The van der Waals surface area contributed by atoms with Crippen LogP contribution in [0.4, 0.5) is 0 Å². The molecule has 3 aliphatic rings. The van der Waals surface area contributed by atoms with E-state index in [1.165, 1.54) is 0 Å². The Morgan fingerprint density at radius 2 is 2.09 bits per heavy atom. The van der Waals surface area contributed by atoms with Gasteiger partial charge in [0, 0.05) is 13.1 Å². The van der Waals surface area contributed by atoms with E-state index >= 15 is 0 Å². The van der Waals surface area contributed by atoms with Crippen LogP contribution in [0.1, 0.15) is 66.2 Å². The minimum atomic E-state index is -1.06. The van der Waals surface area contributed by atoms with Crippen LogP contribution in [0.5, 0.6) is 0 Å². The highest BCUT2D eigenvalue weighted by Gasteiger charge is 2.75. The second-order valence-corrected chi connectivity index (χ2v) is 10.3. The van der Waals surface area contributed by atoms with E-state index in [4.69, 9.17) is 9.47 Å². The third-order valence-electron chi connectivity index (χ3n) is 7.57. The van der Waals surface area contributed by atoms with Gasteiger partial charge >= 0.3 is 5.97 Å². The molecule has 0 aromatic rings. The fourth-order valence-corrected chi connectivity index (χ4v) is 6.26. The summed E-state index contributed by atoms with van der Waals surface area (Å²) in [4.78, 5) is 44.3. The molecule has 192 valence electrons. The molecule has 3 heterocycles. The van der Waals surface area contributed by atoms with Crippen molar-refractivity contribution < 1.29 is 29.0 Å². The highest BCUT2D eigenvalue weighted by molar-refractivity contribution is 5.98. The van der Waals surface area contributed by atoms with Crippen molar-refractivity contribution in [2.24, 2.45) is 17.8 Å². The monoisotopic (exact) mass is 478 g/mol. The number of esters is 1. The van der Waals surface area contributed by atoms with Gasteiger partial charge in [0.15, 0.2) is 0 Å². The molecule has 2 amide bonds. The van der Waals surface area contributed by atoms with Gasteiger partial charge in [-0.1, -0.05) is 39.7 Å². The van der Waals surface area contributed by atoms with Gasteiger partial charge in [0.1, 0.15) is 11.6 Å². The van der Waals surface area contributed by atoms with Gasteiger partial charge in [-0.15, -0.1) is 6.58 Å². The lowest BCUT2D eigenvalue weighted by Crippen LogP contribution is -2.59. The van der Waals surface area contributed by atoms with Crippen LogP contribution >= 0.6 is 0 Å². The fourth-order valence-electron chi connectivity index (χ4n) is 6.26. The number of aliphatic hydroxyl groups excluding tert-OH is 1. The number of likely N-dealkylation sites (tertiary alicyclic amines) is 1. The van der Waals surface area contributed by atoms with Crippen molar-refractivity contribution in [1.82, 2.24) is 9.80 Å². The van der Waals surface area contributed by atoms with Crippen LogP contribution in [-0.2, 0) is 23.9 Å². The molecule has 0 aliphatic carbocycles. The van der Waals surface area contributed by atoms with Gasteiger partial charge in [0.05, 0.1) is 37.2 Å². The molecule has 3 fully saturated rings. The smallest absolute Gasteiger partial charge is 0.312 e. The first kappa shape index (κ1) is 26.7. The Morgan fingerprint density at radius 1 is 1.35 bits per heavy atom. The molecule has 0 saturated carbocycles. The number of rotatable bonds is 13. The van der Waals surface area contributed by atoms with Crippen LogP contribution in [0, 0.1) is 17.8 Å². The maximum atomic E-state index is 14.1. The number of hydrogen-bond acceptors (Lipinski definition) is 6. The Balaban J connectivity index is 2.04. The maximum Gasteiger partial charge on any atom is 0.312 e. The summed E-state index contributed by atoms with van der Waals surface area (Å²) in [6, 6.07) is -1.39. The molecule has 8 heteroatoms. The first-order valence-corrected chi connectivity index (χ1v) is 12.9. The van der Waals surface area contributed by atoms with Crippen molar-refractivity contribution in [2.75, 3.05) is 26.3 Å². The van der Waals surface area contributed by atoms with E-state index < -0.39 is 41.6 Å². The van der Waals surface area contributed by atoms with E-state index in [-0.39, 0.29) is 30.9 Å². The fraction of sp³-hybridized carbons (Fsp3) is 0.808. The molecule has 1 N–H and O–H groups in total. The zero-order valence-electron chi connectivity index (χ0n) is 21.2. The van der Waals surface area contributed by atoms with E-state index in [0.29, 0.717) is 32.4 Å². The van der Waals surface area contributed by atoms with Gasteiger partial charge in [-0.05, 0) is 38.5 Å². The van der Waals surface area contributed by atoms with Crippen molar-refractivity contribution in [1.29, 1.82) is 0 Å². The molecule has 2 bridgehead atoms. The van der Waals surface area contributed by atoms with Crippen LogP contribution in [-0.4, -0.2) is 82.8 Å². The zero-order valence-corrected chi connectivity index (χ0v) is 21.2. The van der Waals surface area contributed by atoms with Crippen LogP contribution in [0.25, 0.3) is 0 Å². The highest BCUT2D eigenvalue weighted by Crippen LogP contribution is 2.59. The number of nitrogens with zero attached hydrogens (tertiary/aromatic N) is 2. The minimum absolute atomic E-state index is 0.181. The number of carbonyl (C=O) groups excluding carboxylic acids is 3. The lowest BCUT2D eigenvalue weighted by atomic mass is 9.70. The predicted octanol–water partition coefficient (Wildman–Crippen LogP) is 2.54. The first-order valence-electron chi connectivity index (χ1n) is 12.9. The number of unbranched alkanes of at least 4 members (excludes halogenated alkanes) is 2. The number of aliphatic hydroxyl groups is 1. The molecule has 0 radical (unpaired) electrons. The summed E-state index contributed by atoms with van der Waals surface area (Å²) in [7, 11) is 0. The molecule has 0 unspecified atom stereocenters. The molecule has 3 aliphatic heterocycles. The number of hydrogen-bond donors (Lipinski definition) is 1. The molecule has 34 heavy (non-hydrogen) atoms. The number of amides is 2. The lowest BCUT2D eigenvalue weighted by molar-refractivity contribution is -0.156. The number of carbonyl (C=O) groups is 3. The number of fused-ring (bicyclic) bond motifs is 1. The lowest BCUT2D eigenvalue weighted by Gasteiger charge is -2.39. The standard InChI is InChI=1S/C26H42N2O6/c1-6-9-10-14-27(13-7-2)24(31)22-26-12-11-19(34-26)20(25(32)33-8-3)21(26)23(30)28(22)18(16-29)15-17(4)5/h7,17-22,29H,2,6,8-16H2,1,3-5H3/t18-,19+,20-,21-,22+,26-/m1/s1. The van der Waals surface area contributed by atoms with E-state index in [1.54, 1.807) is 22.8 Å². The van der Waals surface area contributed by atoms with E-state index in [1.807, 2.05) is 13.8 Å². The Hall–Kier alpha value is -1.93. The van der Waals surface area contributed by atoms with Gasteiger partial charge in [0.25, 0.3) is 0 Å². The first-order chi connectivity index (χ1) is 16.3. The van der Waals surface area contributed by atoms with E-state index in [9.17, 15) is 19.5 Å². The quantitative estimate of drug-likeness (QED) is 0.248. The summed E-state index contributed by atoms with van der Waals surface area (Å²) in [6.45, 7) is 12.6. The van der Waals surface area contributed by atoms with E-state index in [0.717, 1.165) is 19.3 Å². The summed E-state index contributed by atoms with van der Waals surface area (Å²) in [5.74, 6) is -2.15. The average Bonchev–Trinajstić information content (AvgIpc) is 3.44. The zero-order chi connectivity index (χ0) is 25.0. The normalized spacial score (nSPS) is 30.5. The second kappa shape index (κ2) is 11.2. The Labute approximate surface area is 203 Å². The molecular weight excluding hydrogens is 436 g/mol. The summed E-state index contributed by atoms with van der Waals surface area (Å²) in [6.07, 6.45) is 5.87. The second-order valence-electron chi connectivity index (χ2n) is 10.3. The third-order valence-corrected chi connectivity index (χ3v) is 7.57. The highest BCUT2D eigenvalue weighted by atomic mass is 16.6. The van der Waals surface area contributed by atoms with Gasteiger partial charge in [0.2, 0.25) is 11.8 Å². The van der Waals surface area contributed by atoms with Crippen molar-refractivity contribution in [3.05, 3.63) is 12.7 Å². The Morgan fingerprint density at radius 3 is 2.68 bits per heavy atom. The molecule has 3 rings (SSSR count). The predicted molar refractivity (Wildman–Crippen MR) is 128 cm³/mol. The van der Waals surface area contributed by atoms with Gasteiger partial charge in [-0.2, -0.15) is 0 Å². The summed E-state index contributed by atoms with van der Waals surface area (Å²) in [5, 5.41) is 10.3. The van der Waals surface area contributed by atoms with Crippen LogP contribution < -0.4 is 0 Å². The Kier molecular flexibility index (Phi) is 8.79.